The van der Waals surface area contributed by atoms with Crippen LogP contribution in [-0.2, 0) is 13.0 Å². The van der Waals surface area contributed by atoms with E-state index in [1.54, 1.807) is 0 Å². The zero-order valence-corrected chi connectivity index (χ0v) is 23.1. The molecule has 1 unspecified atom stereocenters. The number of hydrogen-bond donors (Lipinski definition) is 0. The zero-order chi connectivity index (χ0) is 27.1. The van der Waals surface area contributed by atoms with Crippen molar-refractivity contribution in [2.45, 2.75) is 56.9 Å². The second kappa shape index (κ2) is 12.8. The van der Waals surface area contributed by atoms with Gasteiger partial charge in [-0.25, -0.2) is 19.0 Å². The highest BCUT2D eigenvalue weighted by Gasteiger charge is 2.30. The van der Waals surface area contributed by atoms with Crippen LogP contribution in [0.15, 0.2) is 73.4 Å². The summed E-state index contributed by atoms with van der Waals surface area (Å²) >= 11 is 0. The highest BCUT2D eigenvalue weighted by atomic mass is 19.1. The first-order valence-corrected chi connectivity index (χ1v) is 14.7. The largest absolute Gasteiger partial charge is 0.303 e. The standard InChI is InChI=1S/C32H38FN7/c33-30-21-35-32(36-22-30)40-31(27-11-17-38(18-12-27)16-5-4-6-25-9-14-34-15-10-25)29(20-37-40)24-39-19-13-28(23-39)26-7-2-1-3-8-26/h1-3,7-10,14-15,20-22,27-28H,4-6,11-13,16-19,23-24H2. The van der Waals surface area contributed by atoms with Crippen LogP contribution >= 0.6 is 0 Å². The summed E-state index contributed by atoms with van der Waals surface area (Å²) in [4.78, 5) is 17.8. The molecule has 208 valence electrons. The van der Waals surface area contributed by atoms with Crippen LogP contribution in [0, 0.1) is 5.82 Å². The molecule has 4 aromatic rings. The monoisotopic (exact) mass is 539 g/mol. The third kappa shape index (κ3) is 6.45. The average Bonchev–Trinajstić information content (AvgIpc) is 3.65. The molecule has 0 radical (unpaired) electrons. The molecule has 2 fully saturated rings. The topological polar surface area (TPSA) is 63.0 Å². The van der Waals surface area contributed by atoms with Gasteiger partial charge in [-0.1, -0.05) is 30.3 Å². The average molecular weight is 540 g/mol. The quantitative estimate of drug-likeness (QED) is 0.252. The number of hydrogen-bond acceptors (Lipinski definition) is 6. The molecule has 3 aromatic heterocycles. The van der Waals surface area contributed by atoms with E-state index in [1.807, 2.05) is 23.3 Å². The van der Waals surface area contributed by atoms with Crippen LogP contribution in [0.3, 0.4) is 0 Å². The van der Waals surface area contributed by atoms with Gasteiger partial charge in [0.2, 0.25) is 0 Å². The van der Waals surface area contributed by atoms with E-state index >= 15 is 0 Å². The molecule has 40 heavy (non-hydrogen) atoms. The Morgan fingerprint density at radius 1 is 0.800 bits per heavy atom. The van der Waals surface area contributed by atoms with E-state index in [0.717, 1.165) is 58.5 Å². The van der Waals surface area contributed by atoms with Gasteiger partial charge in [-0.15, -0.1) is 0 Å². The minimum Gasteiger partial charge on any atom is -0.303 e. The van der Waals surface area contributed by atoms with Gasteiger partial charge in [0.25, 0.3) is 5.95 Å². The molecule has 0 amide bonds. The summed E-state index contributed by atoms with van der Waals surface area (Å²) in [5.41, 5.74) is 5.24. The normalized spacial score (nSPS) is 18.9. The van der Waals surface area contributed by atoms with Crippen LogP contribution < -0.4 is 0 Å². The predicted octanol–water partition coefficient (Wildman–Crippen LogP) is 5.39. The minimum absolute atomic E-state index is 0.381. The van der Waals surface area contributed by atoms with Gasteiger partial charge in [0, 0.05) is 37.0 Å². The summed E-state index contributed by atoms with van der Waals surface area (Å²) in [5.74, 6) is 0.970. The van der Waals surface area contributed by atoms with E-state index in [2.05, 4.69) is 67.2 Å². The molecule has 1 atom stereocenters. The maximum atomic E-state index is 13.6. The number of aryl methyl sites for hydroxylation is 1. The molecule has 0 N–H and O–H groups in total. The van der Waals surface area contributed by atoms with Crippen LogP contribution in [0.1, 0.15) is 66.3 Å². The van der Waals surface area contributed by atoms with E-state index in [-0.39, 0.29) is 0 Å². The lowest BCUT2D eigenvalue weighted by atomic mass is 9.90. The van der Waals surface area contributed by atoms with E-state index in [4.69, 9.17) is 5.10 Å². The summed E-state index contributed by atoms with van der Waals surface area (Å²) < 4.78 is 15.5. The number of nitrogens with zero attached hydrogens (tertiary/aromatic N) is 7. The van der Waals surface area contributed by atoms with E-state index in [1.165, 1.54) is 54.0 Å². The van der Waals surface area contributed by atoms with E-state index < -0.39 is 5.82 Å². The lowest BCUT2D eigenvalue weighted by Gasteiger charge is -2.33. The summed E-state index contributed by atoms with van der Waals surface area (Å²) in [6, 6.07) is 15.1. The number of aromatic nitrogens is 5. The molecule has 0 aliphatic carbocycles. The molecular weight excluding hydrogens is 501 g/mol. The number of halogens is 1. The van der Waals surface area contributed by atoms with Crippen molar-refractivity contribution < 1.29 is 4.39 Å². The Hall–Kier alpha value is -3.49. The number of likely N-dealkylation sites (tertiary alicyclic amines) is 2. The Balaban J connectivity index is 1.11. The van der Waals surface area contributed by atoms with Crippen molar-refractivity contribution in [2.24, 2.45) is 0 Å². The SMILES string of the molecule is Fc1cnc(-n2ncc(CN3CCC(c4ccccc4)C3)c2C2CCN(CCCCc3ccncc3)CC2)nc1. The van der Waals surface area contributed by atoms with E-state index in [0.29, 0.717) is 17.8 Å². The van der Waals surface area contributed by atoms with Gasteiger partial charge < -0.3 is 4.90 Å². The Labute approximate surface area is 236 Å². The Morgan fingerprint density at radius 2 is 1.52 bits per heavy atom. The van der Waals surface area contributed by atoms with Crippen molar-refractivity contribution >= 4 is 0 Å². The van der Waals surface area contributed by atoms with Crippen molar-refractivity contribution in [3.8, 4) is 5.95 Å². The van der Waals surface area contributed by atoms with Crippen LogP contribution in [0.25, 0.3) is 5.95 Å². The predicted molar refractivity (Wildman–Crippen MR) is 154 cm³/mol. The highest BCUT2D eigenvalue weighted by molar-refractivity contribution is 5.29. The van der Waals surface area contributed by atoms with Crippen molar-refractivity contribution in [2.75, 3.05) is 32.7 Å². The Bertz CT molecular complexity index is 1330. The summed E-state index contributed by atoms with van der Waals surface area (Å²) in [7, 11) is 0. The molecule has 1 aromatic carbocycles. The Kier molecular flexibility index (Phi) is 8.54. The molecule has 2 aliphatic heterocycles. The molecular formula is C32H38FN7. The molecule has 8 heteroatoms. The summed E-state index contributed by atoms with van der Waals surface area (Å²) in [6.45, 7) is 6.30. The highest BCUT2D eigenvalue weighted by Crippen LogP contribution is 2.34. The van der Waals surface area contributed by atoms with Gasteiger partial charge >= 0.3 is 0 Å². The third-order valence-corrected chi connectivity index (χ3v) is 8.53. The van der Waals surface area contributed by atoms with Crippen molar-refractivity contribution in [3.05, 3.63) is 102 Å². The van der Waals surface area contributed by atoms with Crippen LogP contribution in [0.4, 0.5) is 4.39 Å². The lowest BCUT2D eigenvalue weighted by molar-refractivity contribution is 0.205. The molecule has 6 rings (SSSR count). The molecule has 5 heterocycles. The number of piperidine rings is 1. The number of unbranched alkanes of at least 4 members (excludes halogenated alkanes) is 1. The first-order chi connectivity index (χ1) is 19.7. The van der Waals surface area contributed by atoms with Gasteiger partial charge in [-0.3, -0.25) is 9.88 Å². The summed E-state index contributed by atoms with van der Waals surface area (Å²) in [6.07, 6.45) is 15.1. The van der Waals surface area contributed by atoms with Crippen molar-refractivity contribution in [1.82, 2.24) is 34.5 Å². The van der Waals surface area contributed by atoms with Crippen molar-refractivity contribution in [3.63, 3.8) is 0 Å². The van der Waals surface area contributed by atoms with Gasteiger partial charge in [0.15, 0.2) is 5.82 Å². The van der Waals surface area contributed by atoms with Gasteiger partial charge in [-0.05, 0) is 93.9 Å². The van der Waals surface area contributed by atoms with Gasteiger partial charge in [0.1, 0.15) is 0 Å². The fourth-order valence-corrected chi connectivity index (χ4v) is 6.38. The van der Waals surface area contributed by atoms with Crippen LogP contribution in [0.2, 0.25) is 0 Å². The third-order valence-electron chi connectivity index (χ3n) is 8.53. The molecule has 7 nitrogen and oxygen atoms in total. The van der Waals surface area contributed by atoms with Crippen molar-refractivity contribution in [1.29, 1.82) is 0 Å². The first kappa shape index (κ1) is 26.7. The minimum atomic E-state index is -0.432. The molecule has 2 aliphatic rings. The molecule has 2 saturated heterocycles. The van der Waals surface area contributed by atoms with E-state index in [9.17, 15) is 4.39 Å². The lowest BCUT2D eigenvalue weighted by Crippen LogP contribution is -2.34. The zero-order valence-electron chi connectivity index (χ0n) is 23.1. The maximum Gasteiger partial charge on any atom is 0.250 e. The fourth-order valence-electron chi connectivity index (χ4n) is 6.38. The second-order valence-electron chi connectivity index (χ2n) is 11.2. The molecule has 0 bridgehead atoms. The summed E-state index contributed by atoms with van der Waals surface area (Å²) in [5, 5.41) is 4.74. The smallest absolute Gasteiger partial charge is 0.250 e. The van der Waals surface area contributed by atoms with Gasteiger partial charge in [0.05, 0.1) is 24.3 Å². The number of rotatable bonds is 10. The molecule has 0 saturated carbocycles. The molecule has 0 spiro atoms. The van der Waals surface area contributed by atoms with Gasteiger partial charge in [-0.2, -0.15) is 5.10 Å². The van der Waals surface area contributed by atoms with Crippen LogP contribution in [0.5, 0.6) is 0 Å². The Morgan fingerprint density at radius 3 is 2.30 bits per heavy atom. The second-order valence-corrected chi connectivity index (χ2v) is 11.2. The fraction of sp³-hybridized carbons (Fsp3) is 0.438. The first-order valence-electron chi connectivity index (χ1n) is 14.7. The number of benzene rings is 1. The number of pyridine rings is 1. The maximum absolute atomic E-state index is 13.6. The van der Waals surface area contributed by atoms with Crippen LogP contribution in [-0.4, -0.2) is 67.3 Å².